The predicted molar refractivity (Wildman–Crippen MR) is 104 cm³/mol. The lowest BCUT2D eigenvalue weighted by Crippen LogP contribution is -2.41. The second-order valence-corrected chi connectivity index (χ2v) is 6.59. The highest BCUT2D eigenvalue weighted by atomic mass is 16.2. The summed E-state index contributed by atoms with van der Waals surface area (Å²) in [5.41, 5.74) is 0. The van der Waals surface area contributed by atoms with E-state index in [1.807, 2.05) is 10.8 Å². The number of nitrogens with one attached hydrogen (secondary N) is 1. The summed E-state index contributed by atoms with van der Waals surface area (Å²) < 4.78 is 1.96. The molecule has 1 aromatic rings. The van der Waals surface area contributed by atoms with E-state index < -0.39 is 0 Å². The topological polar surface area (TPSA) is 70.5 Å². The van der Waals surface area contributed by atoms with Crippen molar-refractivity contribution in [1.29, 1.82) is 0 Å². The van der Waals surface area contributed by atoms with Crippen LogP contribution in [0.3, 0.4) is 0 Å². The van der Waals surface area contributed by atoms with Crippen LogP contribution in [0, 0.1) is 0 Å². The summed E-state index contributed by atoms with van der Waals surface area (Å²) in [5, 5.41) is 2.81. The number of carbonyl (C=O) groups excluding carboxylic acids is 2. The number of imidazole rings is 1. The van der Waals surface area contributed by atoms with Crippen LogP contribution in [-0.4, -0.2) is 64.5 Å². The molecule has 0 spiro atoms. The molecule has 0 aliphatic heterocycles. The van der Waals surface area contributed by atoms with Crippen molar-refractivity contribution in [3.05, 3.63) is 18.7 Å². The van der Waals surface area contributed by atoms with E-state index in [0.717, 1.165) is 39.0 Å². The van der Waals surface area contributed by atoms with Gasteiger partial charge in [-0.15, -0.1) is 0 Å². The number of hydrogen-bond acceptors (Lipinski definition) is 4. The van der Waals surface area contributed by atoms with E-state index in [0.29, 0.717) is 19.5 Å². The molecule has 0 fully saturated rings. The summed E-state index contributed by atoms with van der Waals surface area (Å²) in [7, 11) is 0. The second-order valence-electron chi connectivity index (χ2n) is 6.59. The molecule has 1 rings (SSSR count). The zero-order valence-corrected chi connectivity index (χ0v) is 16.4. The molecule has 0 saturated heterocycles. The van der Waals surface area contributed by atoms with Gasteiger partial charge in [-0.3, -0.25) is 9.69 Å². The van der Waals surface area contributed by atoms with Gasteiger partial charge >= 0.3 is 6.03 Å². The van der Waals surface area contributed by atoms with E-state index in [-0.39, 0.29) is 6.03 Å². The minimum Gasteiger partial charge on any atom is -0.338 e. The predicted octanol–water partition coefficient (Wildman–Crippen LogP) is 2.73. The summed E-state index contributed by atoms with van der Waals surface area (Å²) in [5.74, 6) is 0. The Bertz CT molecular complexity index is 470. The van der Waals surface area contributed by atoms with E-state index in [2.05, 4.69) is 29.0 Å². The lowest BCUT2D eigenvalue weighted by molar-refractivity contribution is -0.115. The second kappa shape index (κ2) is 14.3. The van der Waals surface area contributed by atoms with Gasteiger partial charge < -0.3 is 14.8 Å². The first-order valence-corrected chi connectivity index (χ1v) is 9.89. The molecule has 3 amide bonds. The Morgan fingerprint density at radius 1 is 1.08 bits per heavy atom. The fourth-order valence-electron chi connectivity index (χ4n) is 2.74. The highest BCUT2D eigenvalue weighted by molar-refractivity contribution is 5.84. The number of urea groups is 1. The minimum absolute atomic E-state index is 0.306. The Hall–Kier alpha value is -1.89. The van der Waals surface area contributed by atoms with Crippen molar-refractivity contribution >= 4 is 12.4 Å². The van der Waals surface area contributed by atoms with Crippen LogP contribution in [0.5, 0.6) is 0 Å². The molecule has 1 heterocycles. The zero-order chi connectivity index (χ0) is 19.0. The number of carbonyl (C=O) groups is 2. The van der Waals surface area contributed by atoms with E-state index >= 15 is 0 Å². The van der Waals surface area contributed by atoms with Gasteiger partial charge in [0.25, 0.3) is 0 Å². The Balaban J connectivity index is 2.23. The van der Waals surface area contributed by atoms with Gasteiger partial charge in [-0.25, -0.2) is 9.78 Å². The normalized spacial score (nSPS) is 10.9. The molecule has 148 valence electrons. The maximum Gasteiger partial charge on any atom is 0.323 e. The highest BCUT2D eigenvalue weighted by Crippen LogP contribution is 2.01. The molecule has 0 radical (unpaired) electrons. The molecule has 0 saturated carbocycles. The summed E-state index contributed by atoms with van der Waals surface area (Å²) in [6.07, 6.45) is 12.4. The van der Waals surface area contributed by atoms with E-state index in [1.54, 1.807) is 12.5 Å². The number of amides is 3. The van der Waals surface area contributed by atoms with E-state index in [9.17, 15) is 9.59 Å². The molecule has 0 bridgehead atoms. The monoisotopic (exact) mass is 365 g/mol. The van der Waals surface area contributed by atoms with Gasteiger partial charge in [0.2, 0.25) is 6.41 Å². The average Bonchev–Trinajstić information content (AvgIpc) is 3.17. The van der Waals surface area contributed by atoms with Crippen molar-refractivity contribution < 1.29 is 9.59 Å². The number of imide groups is 1. The molecule has 0 aliphatic rings. The van der Waals surface area contributed by atoms with Gasteiger partial charge in [-0.2, -0.15) is 0 Å². The maximum atomic E-state index is 12.1. The third kappa shape index (κ3) is 9.56. The van der Waals surface area contributed by atoms with Crippen LogP contribution in [0.2, 0.25) is 0 Å². The fraction of sp³-hybridized carbons (Fsp3) is 0.737. The standard InChI is InChI=1S/C19H35N5O2/c1-3-5-11-22(12-6-4-2)14-8-15-24(18-25)19(26)21-9-7-13-23-16-10-20-17-23/h10,16-18H,3-9,11-15H2,1-2H3,(H,21,26). The SMILES string of the molecule is CCCCN(CCCC)CCCN(C=O)C(=O)NCCCn1ccnc1. The molecular weight excluding hydrogens is 330 g/mol. The quantitative estimate of drug-likeness (QED) is 0.383. The summed E-state index contributed by atoms with van der Waals surface area (Å²) in [4.78, 5) is 31.0. The lowest BCUT2D eigenvalue weighted by atomic mass is 10.2. The van der Waals surface area contributed by atoms with Crippen molar-refractivity contribution in [2.45, 2.75) is 58.9 Å². The highest BCUT2D eigenvalue weighted by Gasteiger charge is 2.12. The van der Waals surface area contributed by atoms with Gasteiger partial charge in [0, 0.05) is 32.0 Å². The lowest BCUT2D eigenvalue weighted by Gasteiger charge is -2.23. The van der Waals surface area contributed by atoms with Gasteiger partial charge in [0.05, 0.1) is 6.33 Å². The number of nitrogens with zero attached hydrogens (tertiary/aromatic N) is 4. The molecule has 0 aromatic carbocycles. The van der Waals surface area contributed by atoms with Crippen LogP contribution in [0.25, 0.3) is 0 Å². The third-order valence-electron chi connectivity index (χ3n) is 4.35. The largest absolute Gasteiger partial charge is 0.338 e. The van der Waals surface area contributed by atoms with Crippen molar-refractivity contribution in [1.82, 2.24) is 24.7 Å². The molecular formula is C19H35N5O2. The van der Waals surface area contributed by atoms with Crippen molar-refractivity contribution in [3.63, 3.8) is 0 Å². The Labute approximate surface area is 157 Å². The smallest absolute Gasteiger partial charge is 0.323 e. The first-order chi connectivity index (χ1) is 12.7. The molecule has 26 heavy (non-hydrogen) atoms. The summed E-state index contributed by atoms with van der Waals surface area (Å²) in [6.45, 7) is 9.32. The van der Waals surface area contributed by atoms with Crippen molar-refractivity contribution in [2.24, 2.45) is 0 Å². The van der Waals surface area contributed by atoms with Crippen LogP contribution in [0.1, 0.15) is 52.4 Å². The Morgan fingerprint density at radius 3 is 2.35 bits per heavy atom. The van der Waals surface area contributed by atoms with Crippen LogP contribution in [-0.2, 0) is 11.3 Å². The zero-order valence-electron chi connectivity index (χ0n) is 16.4. The van der Waals surface area contributed by atoms with Gasteiger partial charge in [0.1, 0.15) is 0 Å². The molecule has 0 aliphatic carbocycles. The number of aromatic nitrogens is 2. The number of rotatable bonds is 15. The van der Waals surface area contributed by atoms with Crippen LogP contribution < -0.4 is 5.32 Å². The molecule has 1 aromatic heterocycles. The van der Waals surface area contributed by atoms with Crippen molar-refractivity contribution in [2.75, 3.05) is 32.7 Å². The fourth-order valence-corrected chi connectivity index (χ4v) is 2.74. The molecule has 1 N–H and O–H groups in total. The van der Waals surface area contributed by atoms with Gasteiger partial charge in [-0.1, -0.05) is 26.7 Å². The van der Waals surface area contributed by atoms with Crippen molar-refractivity contribution in [3.8, 4) is 0 Å². The first kappa shape index (κ1) is 22.2. The third-order valence-corrected chi connectivity index (χ3v) is 4.35. The Morgan fingerprint density at radius 2 is 1.77 bits per heavy atom. The summed E-state index contributed by atoms with van der Waals surface area (Å²) in [6, 6.07) is -0.306. The van der Waals surface area contributed by atoms with Gasteiger partial charge in [-0.05, 0) is 45.3 Å². The number of hydrogen-bond donors (Lipinski definition) is 1. The maximum absolute atomic E-state index is 12.1. The minimum atomic E-state index is -0.306. The molecule has 0 atom stereocenters. The van der Waals surface area contributed by atoms with Crippen LogP contribution >= 0.6 is 0 Å². The van der Waals surface area contributed by atoms with Crippen LogP contribution in [0.15, 0.2) is 18.7 Å². The number of unbranched alkanes of at least 4 members (excludes halogenated alkanes) is 2. The van der Waals surface area contributed by atoms with E-state index in [4.69, 9.17) is 0 Å². The number of aryl methyl sites for hydroxylation is 1. The van der Waals surface area contributed by atoms with Crippen LogP contribution in [0.4, 0.5) is 4.79 Å². The molecule has 0 unspecified atom stereocenters. The Kier molecular flexibility index (Phi) is 12.2. The first-order valence-electron chi connectivity index (χ1n) is 9.89. The molecule has 7 nitrogen and oxygen atoms in total. The van der Waals surface area contributed by atoms with Gasteiger partial charge in [0.15, 0.2) is 0 Å². The van der Waals surface area contributed by atoms with E-state index in [1.165, 1.54) is 30.6 Å². The average molecular weight is 366 g/mol. The summed E-state index contributed by atoms with van der Waals surface area (Å²) >= 11 is 0. The molecule has 7 heteroatoms.